The molecular weight excluding hydrogens is 270 g/mol. The van der Waals surface area contributed by atoms with Crippen LogP contribution in [0.5, 0.6) is 0 Å². The van der Waals surface area contributed by atoms with Gasteiger partial charge in [0.15, 0.2) is 0 Å². The monoisotopic (exact) mass is 299 g/mol. The zero-order valence-corrected chi connectivity index (χ0v) is 13.9. The molecule has 1 heterocycles. The third-order valence-electron chi connectivity index (χ3n) is 3.30. The molecule has 6 nitrogen and oxygen atoms in total. The Morgan fingerprint density at radius 3 is 2.57 bits per heavy atom. The number of carbonyl (C=O) groups excluding carboxylic acids is 2. The third-order valence-corrected chi connectivity index (χ3v) is 3.30. The fourth-order valence-electron chi connectivity index (χ4n) is 2.23. The fourth-order valence-corrected chi connectivity index (χ4v) is 2.23. The molecule has 0 saturated carbocycles. The van der Waals surface area contributed by atoms with Crippen LogP contribution >= 0.6 is 0 Å². The number of likely N-dealkylation sites (tertiary alicyclic amines) is 1. The number of piperidine rings is 1. The van der Waals surface area contributed by atoms with E-state index < -0.39 is 5.60 Å². The minimum Gasteiger partial charge on any atom is -0.444 e. The minimum absolute atomic E-state index is 0.0325. The highest BCUT2D eigenvalue weighted by Crippen LogP contribution is 2.19. The van der Waals surface area contributed by atoms with Crippen LogP contribution in [0.15, 0.2) is 0 Å². The molecule has 2 amide bonds. The second-order valence-electron chi connectivity index (χ2n) is 6.86. The van der Waals surface area contributed by atoms with E-state index in [0.29, 0.717) is 19.6 Å². The molecule has 0 aromatic rings. The number of nitrogens with one attached hydrogen (secondary N) is 1. The highest BCUT2D eigenvalue weighted by atomic mass is 16.6. The predicted molar refractivity (Wildman–Crippen MR) is 82.1 cm³/mol. The van der Waals surface area contributed by atoms with Crippen molar-refractivity contribution in [2.24, 2.45) is 5.92 Å². The molecule has 1 aliphatic heterocycles. The summed E-state index contributed by atoms with van der Waals surface area (Å²) in [5, 5.41) is 2.93. The Morgan fingerprint density at radius 1 is 1.33 bits per heavy atom. The highest BCUT2D eigenvalue weighted by molar-refractivity contribution is 5.80. The van der Waals surface area contributed by atoms with Crippen molar-refractivity contribution in [3.8, 4) is 0 Å². The molecule has 1 fully saturated rings. The molecule has 0 aliphatic carbocycles. The molecule has 0 radical (unpaired) electrons. The summed E-state index contributed by atoms with van der Waals surface area (Å²) >= 11 is 0. The summed E-state index contributed by atoms with van der Waals surface area (Å²) in [7, 11) is 3.94. The molecule has 6 heteroatoms. The van der Waals surface area contributed by atoms with Gasteiger partial charge in [0.1, 0.15) is 5.60 Å². The van der Waals surface area contributed by atoms with E-state index in [-0.39, 0.29) is 17.9 Å². The van der Waals surface area contributed by atoms with E-state index in [1.54, 1.807) is 4.90 Å². The molecule has 1 aliphatic rings. The second kappa shape index (κ2) is 7.64. The van der Waals surface area contributed by atoms with Gasteiger partial charge in [0.05, 0.1) is 5.92 Å². The van der Waals surface area contributed by atoms with Crippen LogP contribution in [-0.2, 0) is 9.53 Å². The van der Waals surface area contributed by atoms with Gasteiger partial charge in [-0.05, 0) is 47.7 Å². The number of amides is 2. The van der Waals surface area contributed by atoms with E-state index in [1.807, 2.05) is 39.8 Å². The van der Waals surface area contributed by atoms with Crippen molar-refractivity contribution in [1.29, 1.82) is 0 Å². The van der Waals surface area contributed by atoms with Gasteiger partial charge in [-0.3, -0.25) is 4.79 Å². The Balaban J connectivity index is 2.44. The largest absolute Gasteiger partial charge is 0.444 e. The molecule has 122 valence electrons. The van der Waals surface area contributed by atoms with E-state index in [0.717, 1.165) is 19.4 Å². The number of rotatable bonds is 4. The molecule has 0 aromatic carbocycles. The lowest BCUT2D eigenvalue weighted by Gasteiger charge is -2.33. The fraction of sp³-hybridized carbons (Fsp3) is 0.867. The minimum atomic E-state index is -0.502. The molecule has 1 N–H and O–H groups in total. The van der Waals surface area contributed by atoms with Gasteiger partial charge < -0.3 is 19.9 Å². The van der Waals surface area contributed by atoms with E-state index >= 15 is 0 Å². The standard InChI is InChI=1S/C15H29N3O3/c1-15(2,3)21-14(20)18-9-6-7-12(11-18)13(19)16-8-10-17(4)5/h12H,6-11H2,1-5H3,(H,16,19). The second-order valence-corrected chi connectivity index (χ2v) is 6.86. The average molecular weight is 299 g/mol. The van der Waals surface area contributed by atoms with Crippen LogP contribution in [0, 0.1) is 5.92 Å². The highest BCUT2D eigenvalue weighted by Gasteiger charge is 2.30. The first-order valence-corrected chi connectivity index (χ1v) is 7.59. The summed E-state index contributed by atoms with van der Waals surface area (Å²) in [6.07, 6.45) is 1.34. The normalized spacial score (nSPS) is 19.5. The summed E-state index contributed by atoms with van der Waals surface area (Å²) in [6.45, 7) is 8.10. The van der Waals surface area contributed by atoms with Crippen LogP contribution in [0.2, 0.25) is 0 Å². The van der Waals surface area contributed by atoms with Crippen molar-refractivity contribution in [2.75, 3.05) is 40.3 Å². The Hall–Kier alpha value is -1.30. The van der Waals surface area contributed by atoms with Crippen molar-refractivity contribution in [2.45, 2.75) is 39.2 Å². The van der Waals surface area contributed by atoms with Crippen LogP contribution < -0.4 is 5.32 Å². The van der Waals surface area contributed by atoms with Crippen molar-refractivity contribution in [3.63, 3.8) is 0 Å². The molecule has 1 rings (SSSR count). The third kappa shape index (κ3) is 6.80. The number of likely N-dealkylation sites (N-methyl/N-ethyl adjacent to an activating group) is 1. The molecule has 0 aromatic heterocycles. The van der Waals surface area contributed by atoms with Gasteiger partial charge in [-0.15, -0.1) is 0 Å². The lowest BCUT2D eigenvalue weighted by molar-refractivity contribution is -0.126. The Kier molecular flexibility index (Phi) is 6.45. The van der Waals surface area contributed by atoms with Gasteiger partial charge in [-0.25, -0.2) is 4.79 Å². The first-order chi connectivity index (χ1) is 9.69. The smallest absolute Gasteiger partial charge is 0.410 e. The number of hydrogen-bond acceptors (Lipinski definition) is 4. The Morgan fingerprint density at radius 2 is 2.00 bits per heavy atom. The van der Waals surface area contributed by atoms with Crippen molar-refractivity contribution < 1.29 is 14.3 Å². The first-order valence-electron chi connectivity index (χ1n) is 7.59. The quantitative estimate of drug-likeness (QED) is 0.850. The summed E-state index contributed by atoms with van der Waals surface area (Å²) < 4.78 is 5.37. The van der Waals surface area contributed by atoms with Crippen LogP contribution in [-0.4, -0.2) is 67.7 Å². The molecule has 1 saturated heterocycles. The van der Waals surface area contributed by atoms with Crippen molar-refractivity contribution in [3.05, 3.63) is 0 Å². The average Bonchev–Trinajstić information content (AvgIpc) is 2.36. The first kappa shape index (κ1) is 17.8. The summed E-state index contributed by atoms with van der Waals surface area (Å²) in [5.41, 5.74) is -0.502. The number of carbonyl (C=O) groups is 2. The predicted octanol–water partition coefficient (Wildman–Crippen LogP) is 1.31. The number of nitrogens with zero attached hydrogens (tertiary/aromatic N) is 2. The number of ether oxygens (including phenoxy) is 1. The van der Waals surface area contributed by atoms with Gasteiger partial charge in [-0.1, -0.05) is 0 Å². The molecular formula is C15H29N3O3. The summed E-state index contributed by atoms with van der Waals surface area (Å²) in [6, 6.07) is 0. The molecule has 0 bridgehead atoms. The van der Waals surface area contributed by atoms with E-state index in [1.165, 1.54) is 0 Å². The van der Waals surface area contributed by atoms with Crippen molar-refractivity contribution >= 4 is 12.0 Å². The topological polar surface area (TPSA) is 61.9 Å². The SMILES string of the molecule is CN(C)CCNC(=O)C1CCCN(C(=O)OC(C)(C)C)C1. The zero-order chi connectivity index (χ0) is 16.0. The lowest BCUT2D eigenvalue weighted by atomic mass is 9.97. The van der Waals surface area contributed by atoms with Crippen LogP contribution in [0.3, 0.4) is 0 Å². The van der Waals surface area contributed by atoms with Crippen LogP contribution in [0.4, 0.5) is 4.79 Å². The molecule has 1 unspecified atom stereocenters. The van der Waals surface area contributed by atoms with Gasteiger partial charge in [0.2, 0.25) is 5.91 Å². The summed E-state index contributed by atoms with van der Waals surface area (Å²) in [5.74, 6) is -0.0986. The Bertz CT molecular complexity index is 364. The zero-order valence-electron chi connectivity index (χ0n) is 13.9. The molecule has 1 atom stereocenters. The van der Waals surface area contributed by atoms with E-state index in [2.05, 4.69) is 5.32 Å². The van der Waals surface area contributed by atoms with Gasteiger partial charge in [0, 0.05) is 26.2 Å². The van der Waals surface area contributed by atoms with E-state index in [4.69, 9.17) is 4.74 Å². The number of hydrogen-bond donors (Lipinski definition) is 1. The maximum absolute atomic E-state index is 12.1. The van der Waals surface area contributed by atoms with Crippen LogP contribution in [0.25, 0.3) is 0 Å². The van der Waals surface area contributed by atoms with Crippen LogP contribution in [0.1, 0.15) is 33.6 Å². The summed E-state index contributed by atoms with van der Waals surface area (Å²) in [4.78, 5) is 27.8. The maximum Gasteiger partial charge on any atom is 0.410 e. The van der Waals surface area contributed by atoms with E-state index in [9.17, 15) is 9.59 Å². The van der Waals surface area contributed by atoms with Gasteiger partial charge in [0.25, 0.3) is 0 Å². The molecule has 0 spiro atoms. The Labute approximate surface area is 127 Å². The maximum atomic E-state index is 12.1. The van der Waals surface area contributed by atoms with Crippen molar-refractivity contribution in [1.82, 2.24) is 15.1 Å². The van der Waals surface area contributed by atoms with Gasteiger partial charge >= 0.3 is 6.09 Å². The lowest BCUT2D eigenvalue weighted by Crippen LogP contribution is -2.47. The van der Waals surface area contributed by atoms with Gasteiger partial charge in [-0.2, -0.15) is 0 Å². The molecule has 21 heavy (non-hydrogen) atoms.